The molecule has 0 heterocycles. The van der Waals surface area contributed by atoms with E-state index in [4.69, 9.17) is 17.1 Å². The molecule has 0 bridgehead atoms. The summed E-state index contributed by atoms with van der Waals surface area (Å²) in [5.74, 6) is 5.57. The molecule has 0 aliphatic rings. The van der Waals surface area contributed by atoms with Gasteiger partial charge in [0.05, 0.1) is 6.54 Å². The Balaban J connectivity index is 2.84. The number of nitrogens with zero attached hydrogens (tertiary/aromatic N) is 3. The van der Waals surface area contributed by atoms with Crippen molar-refractivity contribution in [3.63, 3.8) is 0 Å². The zero-order chi connectivity index (χ0) is 10.4. The maximum absolute atomic E-state index is 8.02. The second kappa shape index (κ2) is 5.56. The van der Waals surface area contributed by atoms with E-state index in [1.807, 2.05) is 0 Å². The lowest BCUT2D eigenvalue weighted by Crippen LogP contribution is -1.78. The molecule has 1 aromatic rings. The van der Waals surface area contributed by atoms with E-state index in [1.165, 1.54) is 0 Å². The fourth-order valence-electron chi connectivity index (χ4n) is 0.793. The summed E-state index contributed by atoms with van der Waals surface area (Å²) in [6.45, 7) is 0.172. The second-order valence-electron chi connectivity index (χ2n) is 2.31. The van der Waals surface area contributed by atoms with Crippen LogP contribution in [0.5, 0.6) is 0 Å². The molecule has 0 saturated carbocycles. The quantitative estimate of drug-likeness (QED) is 0.323. The molecule has 0 aliphatic carbocycles. The lowest BCUT2D eigenvalue weighted by atomic mass is 10.2. The molecule has 1 rings (SSSR count). The monoisotopic (exact) mass is 269 g/mol. The standard InChI is InChI=1S/C9H5BrClN3/c10-9-6-8(11)4-3-7(9)2-1-5-13-14-12/h3-4,6H,5H2. The van der Waals surface area contributed by atoms with Crippen LogP contribution in [0.1, 0.15) is 5.56 Å². The van der Waals surface area contributed by atoms with Crippen LogP contribution in [0.25, 0.3) is 10.4 Å². The molecule has 3 nitrogen and oxygen atoms in total. The van der Waals surface area contributed by atoms with E-state index in [0.717, 1.165) is 10.0 Å². The molecular formula is C9H5BrClN3. The highest BCUT2D eigenvalue weighted by Crippen LogP contribution is 2.20. The molecule has 0 saturated heterocycles. The zero-order valence-electron chi connectivity index (χ0n) is 7.04. The number of rotatable bonds is 1. The summed E-state index contributed by atoms with van der Waals surface area (Å²) in [5, 5.41) is 3.95. The molecule has 0 spiro atoms. The molecule has 1 aromatic carbocycles. The summed E-state index contributed by atoms with van der Waals surface area (Å²) in [4.78, 5) is 2.59. The normalized spacial score (nSPS) is 8.43. The van der Waals surface area contributed by atoms with Crippen molar-refractivity contribution in [2.75, 3.05) is 6.54 Å². The van der Waals surface area contributed by atoms with Crippen LogP contribution in [0.3, 0.4) is 0 Å². The summed E-state index contributed by atoms with van der Waals surface area (Å²) in [7, 11) is 0. The Morgan fingerprint density at radius 3 is 3.00 bits per heavy atom. The first-order valence-electron chi connectivity index (χ1n) is 3.69. The summed E-state index contributed by atoms with van der Waals surface area (Å²) in [6, 6.07) is 5.32. The van der Waals surface area contributed by atoms with Crippen molar-refractivity contribution >= 4 is 27.5 Å². The van der Waals surface area contributed by atoms with E-state index in [1.54, 1.807) is 18.2 Å². The third kappa shape index (κ3) is 3.31. The van der Waals surface area contributed by atoms with E-state index in [9.17, 15) is 0 Å². The number of hydrogen-bond donors (Lipinski definition) is 0. The van der Waals surface area contributed by atoms with Crippen LogP contribution < -0.4 is 0 Å². The van der Waals surface area contributed by atoms with Crippen LogP contribution >= 0.6 is 27.5 Å². The van der Waals surface area contributed by atoms with Gasteiger partial charge < -0.3 is 0 Å². The maximum Gasteiger partial charge on any atom is 0.0880 e. The van der Waals surface area contributed by atoms with Crippen LogP contribution in [-0.2, 0) is 0 Å². The number of hydrogen-bond acceptors (Lipinski definition) is 1. The van der Waals surface area contributed by atoms with E-state index in [2.05, 4.69) is 37.8 Å². The van der Waals surface area contributed by atoms with E-state index >= 15 is 0 Å². The Morgan fingerprint density at radius 2 is 2.36 bits per heavy atom. The van der Waals surface area contributed by atoms with Gasteiger partial charge in [-0.25, -0.2) is 0 Å². The highest BCUT2D eigenvalue weighted by Gasteiger charge is 1.95. The zero-order valence-corrected chi connectivity index (χ0v) is 9.38. The van der Waals surface area contributed by atoms with E-state index in [0.29, 0.717) is 5.02 Å². The van der Waals surface area contributed by atoms with Gasteiger partial charge in [-0.1, -0.05) is 28.6 Å². The SMILES string of the molecule is [N-]=[N+]=NCC#Cc1ccc(Cl)cc1Br. The molecule has 14 heavy (non-hydrogen) atoms. The predicted molar refractivity (Wildman–Crippen MR) is 60.0 cm³/mol. The molecule has 0 fully saturated rings. The Bertz CT molecular complexity index is 441. The third-order valence-corrected chi connectivity index (χ3v) is 2.26. The van der Waals surface area contributed by atoms with Crippen molar-refractivity contribution in [3.05, 3.63) is 43.7 Å². The van der Waals surface area contributed by atoms with Gasteiger partial charge in [-0.2, -0.15) is 0 Å². The van der Waals surface area contributed by atoms with Gasteiger partial charge in [-0.3, -0.25) is 0 Å². The van der Waals surface area contributed by atoms with Gasteiger partial charge in [-0.05, 0) is 39.7 Å². The summed E-state index contributed by atoms with van der Waals surface area (Å²) >= 11 is 9.08. The van der Waals surface area contributed by atoms with Gasteiger partial charge in [0.2, 0.25) is 0 Å². The van der Waals surface area contributed by atoms with Crippen LogP contribution in [0.15, 0.2) is 27.8 Å². The molecule has 0 amide bonds. The second-order valence-corrected chi connectivity index (χ2v) is 3.61. The largest absolute Gasteiger partial charge is 0.0919 e. The van der Waals surface area contributed by atoms with Gasteiger partial charge in [-0.15, -0.1) is 0 Å². The Kier molecular flexibility index (Phi) is 4.34. The van der Waals surface area contributed by atoms with Crippen molar-refractivity contribution in [2.24, 2.45) is 5.11 Å². The Labute approximate surface area is 94.8 Å². The minimum atomic E-state index is 0.172. The Morgan fingerprint density at radius 1 is 1.57 bits per heavy atom. The van der Waals surface area contributed by atoms with Crippen molar-refractivity contribution in [1.29, 1.82) is 0 Å². The number of halogens is 2. The molecule has 0 aliphatic heterocycles. The van der Waals surface area contributed by atoms with Gasteiger partial charge in [0.1, 0.15) is 0 Å². The average molecular weight is 271 g/mol. The van der Waals surface area contributed by atoms with E-state index < -0.39 is 0 Å². The van der Waals surface area contributed by atoms with Gasteiger partial charge in [0.15, 0.2) is 0 Å². The molecule has 5 heteroatoms. The highest BCUT2D eigenvalue weighted by atomic mass is 79.9. The average Bonchev–Trinajstić information content (AvgIpc) is 2.15. The minimum absolute atomic E-state index is 0.172. The van der Waals surface area contributed by atoms with Crippen molar-refractivity contribution in [1.82, 2.24) is 0 Å². The van der Waals surface area contributed by atoms with Crippen LogP contribution in [-0.4, -0.2) is 6.54 Å². The highest BCUT2D eigenvalue weighted by molar-refractivity contribution is 9.10. The first-order chi connectivity index (χ1) is 6.74. The van der Waals surface area contributed by atoms with E-state index in [-0.39, 0.29) is 6.54 Å². The summed E-state index contributed by atoms with van der Waals surface area (Å²) in [5.41, 5.74) is 8.84. The minimum Gasteiger partial charge on any atom is -0.0919 e. The topological polar surface area (TPSA) is 48.8 Å². The summed E-state index contributed by atoms with van der Waals surface area (Å²) in [6.07, 6.45) is 0. The van der Waals surface area contributed by atoms with Crippen LogP contribution in [0.2, 0.25) is 5.02 Å². The molecule has 70 valence electrons. The molecule has 0 aromatic heterocycles. The fraction of sp³-hybridized carbons (Fsp3) is 0.111. The van der Waals surface area contributed by atoms with Gasteiger partial charge in [0.25, 0.3) is 0 Å². The number of azide groups is 1. The third-order valence-electron chi connectivity index (χ3n) is 1.37. The van der Waals surface area contributed by atoms with Crippen LogP contribution in [0, 0.1) is 11.8 Å². The van der Waals surface area contributed by atoms with Gasteiger partial charge >= 0.3 is 0 Å². The molecular weight excluding hydrogens is 265 g/mol. The molecule has 0 radical (unpaired) electrons. The molecule has 0 unspecified atom stereocenters. The van der Waals surface area contributed by atoms with Crippen LogP contribution in [0.4, 0.5) is 0 Å². The van der Waals surface area contributed by atoms with Gasteiger partial charge in [0, 0.05) is 20.0 Å². The first-order valence-corrected chi connectivity index (χ1v) is 4.86. The van der Waals surface area contributed by atoms with Crippen molar-refractivity contribution < 1.29 is 0 Å². The lowest BCUT2D eigenvalue weighted by Gasteiger charge is -1.95. The van der Waals surface area contributed by atoms with Crippen molar-refractivity contribution in [3.8, 4) is 11.8 Å². The van der Waals surface area contributed by atoms with Crippen molar-refractivity contribution in [2.45, 2.75) is 0 Å². The number of benzene rings is 1. The lowest BCUT2D eigenvalue weighted by molar-refractivity contribution is 1.25. The first kappa shape index (κ1) is 10.9. The smallest absolute Gasteiger partial charge is 0.0880 e. The predicted octanol–water partition coefficient (Wildman–Crippen LogP) is 3.76. The maximum atomic E-state index is 8.02. The Hall–Kier alpha value is -1.14. The molecule has 0 atom stereocenters. The fourth-order valence-corrected chi connectivity index (χ4v) is 1.57. The molecule has 0 N–H and O–H groups in total. The summed E-state index contributed by atoms with van der Waals surface area (Å²) < 4.78 is 0.832.